The number of carboxylic acid groups (broad SMARTS) is 1. The summed E-state index contributed by atoms with van der Waals surface area (Å²) in [5.41, 5.74) is 0.229. The van der Waals surface area contributed by atoms with Crippen molar-refractivity contribution in [3.63, 3.8) is 0 Å². The van der Waals surface area contributed by atoms with E-state index >= 15 is 0 Å². The lowest BCUT2D eigenvalue weighted by atomic mass is 10.1. The molecular weight excluding hydrogens is 738 g/mol. The van der Waals surface area contributed by atoms with Gasteiger partial charge in [0, 0.05) is 41.7 Å². The molecule has 1 fully saturated rings. The van der Waals surface area contributed by atoms with Crippen molar-refractivity contribution in [3.8, 4) is 0 Å². The minimum absolute atomic E-state index is 0.0324. The predicted octanol–water partition coefficient (Wildman–Crippen LogP) is 6.79. The summed E-state index contributed by atoms with van der Waals surface area (Å²) < 4.78 is 38.5. The fraction of sp³-hybridized carbons (Fsp3) is 0.342. The van der Waals surface area contributed by atoms with E-state index in [0.717, 1.165) is 5.41 Å². The lowest BCUT2D eigenvalue weighted by Crippen LogP contribution is -2.47. The van der Waals surface area contributed by atoms with Crippen LogP contribution in [0.15, 0.2) is 83.2 Å². The van der Waals surface area contributed by atoms with Gasteiger partial charge in [0.1, 0.15) is 11.2 Å². The van der Waals surface area contributed by atoms with Crippen LogP contribution in [0.1, 0.15) is 79.8 Å². The number of halogens is 1. The molecule has 1 heterocycles. The number of benzene rings is 3. The van der Waals surface area contributed by atoms with Gasteiger partial charge in [-0.3, -0.25) is 15.4 Å². The number of carbonyl (C=O) groups is 4. The van der Waals surface area contributed by atoms with Crippen molar-refractivity contribution < 1.29 is 42.2 Å². The molecule has 0 aliphatic carbocycles. The number of nitrogens with zero attached hydrogens (tertiary/aromatic N) is 3. The lowest BCUT2D eigenvalue weighted by molar-refractivity contribution is 0.0542. The zero-order valence-corrected chi connectivity index (χ0v) is 32.4. The summed E-state index contributed by atoms with van der Waals surface area (Å²) >= 11 is 5.95. The van der Waals surface area contributed by atoms with Crippen LogP contribution in [0.3, 0.4) is 0 Å². The monoisotopic (exact) mass is 781 g/mol. The van der Waals surface area contributed by atoms with Gasteiger partial charge in [0.05, 0.1) is 11.3 Å². The standard InChI is InChI=1S/C38H44ClN5O9S/c1-37(2,3)52-35(48)41-34(42-36(49)53-38(4,5)6)40-30-17-13-27(14-18-30)32(45)44(23-26-7-11-28(12-8-26)33(46)47)31-19-21-43(24-31)54(50,51)22-20-25-9-15-29(39)16-10-25/h7-18,20,22,31H,19,21,23-24H2,1-6H3,(H,46,47)(H2,40,41,42,48,49). The van der Waals surface area contributed by atoms with E-state index in [4.69, 9.17) is 21.1 Å². The number of hydrogen-bond donors (Lipinski definition) is 3. The quantitative estimate of drug-likeness (QED) is 0.155. The first-order valence-corrected chi connectivity index (χ1v) is 18.8. The number of ether oxygens (including phenoxy) is 2. The maximum absolute atomic E-state index is 14.2. The van der Waals surface area contributed by atoms with Gasteiger partial charge in [-0.1, -0.05) is 35.9 Å². The van der Waals surface area contributed by atoms with Gasteiger partial charge in [-0.25, -0.2) is 27.8 Å². The topological polar surface area (TPSA) is 184 Å². The minimum Gasteiger partial charge on any atom is -0.478 e. The Bertz CT molecular complexity index is 1970. The first-order chi connectivity index (χ1) is 25.2. The maximum atomic E-state index is 14.2. The van der Waals surface area contributed by atoms with Crippen LogP contribution in [-0.2, 0) is 26.0 Å². The molecule has 3 aromatic rings. The van der Waals surface area contributed by atoms with Crippen molar-refractivity contribution in [1.29, 1.82) is 0 Å². The Morgan fingerprint density at radius 3 is 1.93 bits per heavy atom. The van der Waals surface area contributed by atoms with E-state index in [-0.39, 0.29) is 42.4 Å². The zero-order chi connectivity index (χ0) is 39.8. The van der Waals surface area contributed by atoms with E-state index in [1.54, 1.807) is 82.8 Å². The Morgan fingerprint density at radius 2 is 1.41 bits per heavy atom. The summed E-state index contributed by atoms with van der Waals surface area (Å²) in [6.07, 6.45) is 0.0900. The molecule has 1 aliphatic rings. The maximum Gasteiger partial charge on any atom is 0.414 e. The Kier molecular flexibility index (Phi) is 13.3. The van der Waals surface area contributed by atoms with Crippen molar-refractivity contribution in [2.45, 2.75) is 71.8 Å². The third-order valence-corrected chi connectivity index (χ3v) is 9.42. The molecule has 4 rings (SSSR count). The normalized spacial score (nSPS) is 15.0. The van der Waals surface area contributed by atoms with Crippen LogP contribution in [0.2, 0.25) is 5.02 Å². The van der Waals surface area contributed by atoms with E-state index in [2.05, 4.69) is 15.6 Å². The first-order valence-electron chi connectivity index (χ1n) is 16.9. The van der Waals surface area contributed by atoms with Gasteiger partial charge in [-0.05, 0) is 114 Å². The lowest BCUT2D eigenvalue weighted by Gasteiger charge is -2.29. The molecule has 0 aromatic heterocycles. The number of amides is 3. The summed E-state index contributed by atoms with van der Waals surface area (Å²) in [6.45, 7) is 10.3. The summed E-state index contributed by atoms with van der Waals surface area (Å²) in [5.74, 6) is -1.78. The minimum atomic E-state index is -3.84. The number of aromatic carboxylic acids is 1. The molecule has 54 heavy (non-hydrogen) atoms. The third-order valence-electron chi connectivity index (χ3n) is 7.64. The van der Waals surface area contributed by atoms with Crippen molar-refractivity contribution in [2.24, 2.45) is 4.99 Å². The summed E-state index contributed by atoms with van der Waals surface area (Å²) in [5, 5.41) is 15.8. The van der Waals surface area contributed by atoms with E-state index in [0.29, 0.717) is 22.6 Å². The zero-order valence-electron chi connectivity index (χ0n) is 30.8. The Balaban J connectivity index is 1.59. The highest BCUT2D eigenvalue weighted by molar-refractivity contribution is 7.92. The van der Waals surface area contributed by atoms with Crippen molar-refractivity contribution in [2.75, 3.05) is 13.1 Å². The summed E-state index contributed by atoms with van der Waals surface area (Å²) in [7, 11) is -3.84. The number of alkyl carbamates (subject to hydrolysis) is 2. The molecule has 1 saturated heterocycles. The van der Waals surface area contributed by atoms with Crippen molar-refractivity contribution >= 4 is 63.4 Å². The first kappa shape index (κ1) is 41.5. The highest BCUT2D eigenvalue weighted by Crippen LogP contribution is 2.25. The highest BCUT2D eigenvalue weighted by atomic mass is 35.5. The number of guanidine groups is 1. The van der Waals surface area contributed by atoms with Gasteiger partial charge in [0.15, 0.2) is 0 Å². The third kappa shape index (κ3) is 12.7. The van der Waals surface area contributed by atoms with Crippen LogP contribution in [0.5, 0.6) is 0 Å². The van der Waals surface area contributed by atoms with E-state index < -0.39 is 51.3 Å². The van der Waals surface area contributed by atoms with Crippen LogP contribution in [-0.4, -0.2) is 83.1 Å². The second-order valence-corrected chi connectivity index (χ2v) is 16.7. The molecule has 1 atom stereocenters. The second kappa shape index (κ2) is 17.3. The molecule has 1 unspecified atom stereocenters. The van der Waals surface area contributed by atoms with E-state index in [1.807, 2.05) is 0 Å². The summed E-state index contributed by atoms with van der Waals surface area (Å²) in [6, 6.07) is 18.3. The van der Waals surface area contributed by atoms with Gasteiger partial charge in [-0.2, -0.15) is 4.31 Å². The number of aliphatic imine (C=N–C) groups is 1. The number of sulfonamides is 1. The molecule has 0 bridgehead atoms. The molecule has 3 aromatic carbocycles. The van der Waals surface area contributed by atoms with Crippen molar-refractivity contribution in [1.82, 2.24) is 19.8 Å². The number of rotatable bonds is 9. The molecule has 3 N–H and O–H groups in total. The van der Waals surface area contributed by atoms with Crippen LogP contribution in [0.25, 0.3) is 6.08 Å². The summed E-state index contributed by atoms with van der Waals surface area (Å²) in [4.78, 5) is 56.5. The van der Waals surface area contributed by atoms with Crippen LogP contribution in [0, 0.1) is 0 Å². The molecule has 288 valence electrons. The molecular formula is C38H44ClN5O9S. The van der Waals surface area contributed by atoms with Gasteiger partial charge >= 0.3 is 18.2 Å². The van der Waals surface area contributed by atoms with Crippen LogP contribution < -0.4 is 10.6 Å². The number of carbonyl (C=O) groups excluding carboxylic acids is 3. The fourth-order valence-electron chi connectivity index (χ4n) is 5.20. The van der Waals surface area contributed by atoms with Crippen LogP contribution in [0.4, 0.5) is 15.3 Å². The molecule has 16 heteroatoms. The molecule has 0 radical (unpaired) electrons. The molecule has 1 aliphatic heterocycles. The average molecular weight is 782 g/mol. The smallest absolute Gasteiger partial charge is 0.414 e. The molecule has 14 nitrogen and oxygen atoms in total. The molecule has 3 amide bonds. The fourth-order valence-corrected chi connectivity index (χ4v) is 6.56. The number of carboxylic acids is 1. The average Bonchev–Trinajstić information content (AvgIpc) is 3.57. The van der Waals surface area contributed by atoms with Gasteiger partial charge in [-0.15, -0.1) is 0 Å². The van der Waals surface area contributed by atoms with Crippen molar-refractivity contribution in [3.05, 3.63) is 105 Å². The number of nitrogens with one attached hydrogen (secondary N) is 2. The van der Waals surface area contributed by atoms with E-state index in [9.17, 15) is 32.7 Å². The van der Waals surface area contributed by atoms with Gasteiger partial charge in [0.2, 0.25) is 16.0 Å². The van der Waals surface area contributed by atoms with E-state index in [1.165, 1.54) is 46.8 Å². The Labute approximate surface area is 319 Å². The highest BCUT2D eigenvalue weighted by Gasteiger charge is 2.36. The van der Waals surface area contributed by atoms with Crippen LogP contribution >= 0.6 is 11.6 Å². The van der Waals surface area contributed by atoms with Gasteiger partial charge in [0.25, 0.3) is 5.91 Å². The SMILES string of the molecule is CC(C)(C)OC(=O)NC(=Nc1ccc(C(=O)N(Cc2ccc(C(=O)O)cc2)C2CCN(S(=O)(=O)C=Cc3ccc(Cl)cc3)C2)cc1)NC(=O)OC(C)(C)C. The Morgan fingerprint density at radius 1 is 0.870 bits per heavy atom. The molecule has 0 saturated carbocycles. The second-order valence-electron chi connectivity index (χ2n) is 14.4. The van der Waals surface area contributed by atoms with Gasteiger partial charge < -0.3 is 19.5 Å². The largest absolute Gasteiger partial charge is 0.478 e. The molecule has 0 spiro atoms. The predicted molar refractivity (Wildman–Crippen MR) is 205 cm³/mol. The number of hydrogen-bond acceptors (Lipinski definition) is 9. The Hall–Kier alpha value is -5.25.